The van der Waals surface area contributed by atoms with E-state index < -0.39 is 24.5 Å². The molecule has 4 atom stereocenters. The summed E-state index contributed by atoms with van der Waals surface area (Å²) in [5.74, 6) is 0. The van der Waals surface area contributed by atoms with Crippen LogP contribution < -0.4 is 5.32 Å². The summed E-state index contributed by atoms with van der Waals surface area (Å²) in [4.78, 5) is 10.6. The fourth-order valence-corrected chi connectivity index (χ4v) is 2.65. The molecule has 0 spiro atoms. The monoisotopic (exact) mass is 297 g/mol. The molecule has 1 fully saturated rings. The highest BCUT2D eigenvalue weighted by molar-refractivity contribution is 5.64. The number of benzene rings is 1. The molecule has 1 aliphatic rings. The van der Waals surface area contributed by atoms with E-state index in [0.717, 1.165) is 5.56 Å². The minimum atomic E-state index is -1.24. The summed E-state index contributed by atoms with van der Waals surface area (Å²) in [5.41, 5.74) is 0.804. The van der Waals surface area contributed by atoms with Gasteiger partial charge in [-0.3, -0.25) is 0 Å². The Bertz CT molecular complexity index is 456. The van der Waals surface area contributed by atoms with Crippen molar-refractivity contribution < 1.29 is 24.1 Å². The van der Waals surface area contributed by atoms with Crippen LogP contribution in [0, 0.1) is 0 Å². The van der Waals surface area contributed by atoms with E-state index in [2.05, 4.69) is 5.32 Å². The van der Waals surface area contributed by atoms with E-state index in [-0.39, 0.29) is 19.1 Å². The lowest BCUT2D eigenvalue weighted by atomic mass is 9.91. The van der Waals surface area contributed by atoms with Crippen LogP contribution in [0.1, 0.15) is 30.9 Å². The van der Waals surface area contributed by atoms with E-state index in [0.29, 0.717) is 12.8 Å². The van der Waals surface area contributed by atoms with Crippen LogP contribution in [-0.4, -0.2) is 41.2 Å². The SMILES string of the molecule is O=C(O)NC1CCC(OC(CO)c2ccccc2)C(F)C1. The smallest absolute Gasteiger partial charge is 0.404 e. The van der Waals surface area contributed by atoms with Gasteiger partial charge < -0.3 is 20.3 Å². The van der Waals surface area contributed by atoms with E-state index in [4.69, 9.17) is 9.84 Å². The molecule has 1 aliphatic carbocycles. The number of amides is 1. The highest BCUT2D eigenvalue weighted by Crippen LogP contribution is 2.29. The van der Waals surface area contributed by atoms with Gasteiger partial charge in [-0.2, -0.15) is 0 Å². The van der Waals surface area contributed by atoms with Gasteiger partial charge in [0.1, 0.15) is 12.3 Å². The van der Waals surface area contributed by atoms with Gasteiger partial charge in [-0.25, -0.2) is 9.18 Å². The zero-order valence-electron chi connectivity index (χ0n) is 11.6. The van der Waals surface area contributed by atoms with Gasteiger partial charge in [-0.1, -0.05) is 30.3 Å². The van der Waals surface area contributed by atoms with Crippen LogP contribution in [0.2, 0.25) is 0 Å². The number of carboxylic acid groups (broad SMARTS) is 1. The molecule has 3 N–H and O–H groups in total. The molecule has 2 rings (SSSR count). The first kappa shape index (κ1) is 15.7. The Morgan fingerprint density at radius 1 is 1.38 bits per heavy atom. The van der Waals surface area contributed by atoms with Crippen LogP contribution in [-0.2, 0) is 4.74 Å². The molecule has 1 aromatic carbocycles. The van der Waals surface area contributed by atoms with Gasteiger partial charge in [0.05, 0.1) is 12.7 Å². The Balaban J connectivity index is 1.92. The molecule has 6 heteroatoms. The quantitative estimate of drug-likeness (QED) is 0.779. The minimum absolute atomic E-state index is 0.101. The zero-order valence-corrected chi connectivity index (χ0v) is 11.6. The van der Waals surface area contributed by atoms with Crippen LogP contribution >= 0.6 is 0 Å². The second-order valence-electron chi connectivity index (χ2n) is 5.23. The molecular formula is C15H20FNO4. The Morgan fingerprint density at radius 3 is 2.67 bits per heavy atom. The predicted molar refractivity (Wildman–Crippen MR) is 74.8 cm³/mol. The number of hydrogen-bond donors (Lipinski definition) is 3. The summed E-state index contributed by atoms with van der Waals surface area (Å²) in [5, 5.41) is 20.4. The van der Waals surface area contributed by atoms with Gasteiger partial charge in [0.2, 0.25) is 0 Å². The molecule has 5 nitrogen and oxygen atoms in total. The Hall–Kier alpha value is -1.66. The third-order valence-electron chi connectivity index (χ3n) is 3.72. The van der Waals surface area contributed by atoms with Gasteiger partial charge in [-0.05, 0) is 18.4 Å². The molecule has 21 heavy (non-hydrogen) atoms. The van der Waals surface area contributed by atoms with Crippen molar-refractivity contribution in [2.24, 2.45) is 0 Å². The number of aliphatic hydroxyl groups excluding tert-OH is 1. The van der Waals surface area contributed by atoms with E-state index in [9.17, 15) is 14.3 Å². The van der Waals surface area contributed by atoms with Crippen molar-refractivity contribution in [2.75, 3.05) is 6.61 Å². The number of ether oxygens (including phenoxy) is 1. The molecule has 4 unspecified atom stereocenters. The topological polar surface area (TPSA) is 78.8 Å². The lowest BCUT2D eigenvalue weighted by Gasteiger charge is -2.33. The fourth-order valence-electron chi connectivity index (χ4n) is 2.65. The highest BCUT2D eigenvalue weighted by Gasteiger charge is 2.33. The third-order valence-corrected chi connectivity index (χ3v) is 3.72. The van der Waals surface area contributed by atoms with Gasteiger partial charge in [-0.15, -0.1) is 0 Å². The summed E-state index contributed by atoms with van der Waals surface area (Å²) < 4.78 is 19.8. The Morgan fingerprint density at radius 2 is 2.10 bits per heavy atom. The van der Waals surface area contributed by atoms with Crippen LogP contribution in [0.5, 0.6) is 0 Å². The molecule has 0 heterocycles. The van der Waals surface area contributed by atoms with E-state index in [1.165, 1.54) is 0 Å². The molecule has 0 saturated heterocycles. The largest absolute Gasteiger partial charge is 0.465 e. The molecule has 1 aromatic rings. The number of carbonyl (C=O) groups is 1. The van der Waals surface area contributed by atoms with E-state index >= 15 is 0 Å². The van der Waals surface area contributed by atoms with Crippen molar-refractivity contribution >= 4 is 6.09 Å². The number of alkyl halides is 1. The normalized spacial score (nSPS) is 27.0. The molecule has 0 aromatic heterocycles. The average molecular weight is 297 g/mol. The van der Waals surface area contributed by atoms with Crippen molar-refractivity contribution in [2.45, 2.75) is 43.7 Å². The van der Waals surface area contributed by atoms with Crippen molar-refractivity contribution in [1.29, 1.82) is 0 Å². The van der Waals surface area contributed by atoms with E-state index in [1.807, 2.05) is 30.3 Å². The van der Waals surface area contributed by atoms with Crippen molar-refractivity contribution in [3.63, 3.8) is 0 Å². The molecule has 1 saturated carbocycles. The minimum Gasteiger partial charge on any atom is -0.465 e. The third kappa shape index (κ3) is 4.41. The lowest BCUT2D eigenvalue weighted by molar-refractivity contribution is -0.0903. The summed E-state index contributed by atoms with van der Waals surface area (Å²) in [6.45, 7) is -0.218. The first-order chi connectivity index (χ1) is 10.1. The number of nitrogens with one attached hydrogen (secondary N) is 1. The first-order valence-electron chi connectivity index (χ1n) is 7.05. The van der Waals surface area contributed by atoms with Crippen LogP contribution in [0.3, 0.4) is 0 Å². The number of rotatable bonds is 5. The zero-order chi connectivity index (χ0) is 15.2. The summed E-state index contributed by atoms with van der Waals surface area (Å²) >= 11 is 0. The molecule has 0 radical (unpaired) electrons. The maximum atomic E-state index is 14.1. The second-order valence-corrected chi connectivity index (χ2v) is 5.23. The second kappa shape index (κ2) is 7.38. The summed E-state index contributed by atoms with van der Waals surface area (Å²) in [6.07, 6.45) is -2.49. The lowest BCUT2D eigenvalue weighted by Crippen LogP contribution is -2.44. The standard InChI is InChI=1S/C15H20FNO4/c16-12-8-11(17-15(19)20)6-7-13(12)21-14(9-18)10-4-2-1-3-5-10/h1-5,11-14,17-18H,6-9H2,(H,19,20). The first-order valence-corrected chi connectivity index (χ1v) is 7.05. The Labute approximate surface area is 122 Å². The molecule has 0 bridgehead atoms. The van der Waals surface area contributed by atoms with Crippen molar-refractivity contribution in [3.05, 3.63) is 35.9 Å². The molecule has 0 aliphatic heterocycles. The summed E-state index contributed by atoms with van der Waals surface area (Å²) in [6, 6.07) is 8.81. The maximum absolute atomic E-state index is 14.1. The van der Waals surface area contributed by atoms with Crippen molar-refractivity contribution in [1.82, 2.24) is 5.32 Å². The van der Waals surface area contributed by atoms with Crippen LogP contribution in [0.15, 0.2) is 30.3 Å². The van der Waals surface area contributed by atoms with Gasteiger partial charge >= 0.3 is 6.09 Å². The number of aliphatic hydroxyl groups is 1. The van der Waals surface area contributed by atoms with Crippen molar-refractivity contribution in [3.8, 4) is 0 Å². The number of hydrogen-bond acceptors (Lipinski definition) is 3. The van der Waals surface area contributed by atoms with Gasteiger partial charge in [0.15, 0.2) is 0 Å². The van der Waals surface area contributed by atoms with Crippen LogP contribution in [0.4, 0.5) is 9.18 Å². The number of halogens is 1. The predicted octanol–water partition coefficient (Wildman–Crippen LogP) is 2.26. The summed E-state index contributed by atoms with van der Waals surface area (Å²) in [7, 11) is 0. The highest BCUT2D eigenvalue weighted by atomic mass is 19.1. The van der Waals surface area contributed by atoms with Gasteiger partial charge in [0, 0.05) is 12.5 Å². The molecule has 1 amide bonds. The average Bonchev–Trinajstić information content (AvgIpc) is 2.47. The van der Waals surface area contributed by atoms with Crippen LogP contribution in [0.25, 0.3) is 0 Å². The van der Waals surface area contributed by atoms with Gasteiger partial charge in [0.25, 0.3) is 0 Å². The van der Waals surface area contributed by atoms with E-state index in [1.54, 1.807) is 0 Å². The fraction of sp³-hybridized carbons (Fsp3) is 0.533. The molecule has 116 valence electrons. The maximum Gasteiger partial charge on any atom is 0.404 e. The Kier molecular flexibility index (Phi) is 5.52. The molecular weight excluding hydrogens is 277 g/mol.